The van der Waals surface area contributed by atoms with Crippen molar-refractivity contribution in [3.05, 3.63) is 0 Å². The second-order valence-electron chi connectivity index (χ2n) is 5.52. The van der Waals surface area contributed by atoms with Crippen LogP contribution in [0.2, 0.25) is 0 Å². The van der Waals surface area contributed by atoms with Crippen molar-refractivity contribution in [1.82, 2.24) is 10.2 Å². The largest absolute Gasteiger partial charge is 0.376 e. The molecule has 0 saturated carbocycles. The summed E-state index contributed by atoms with van der Waals surface area (Å²) in [5.41, 5.74) is 0. The zero-order valence-electron chi connectivity index (χ0n) is 12.2. The van der Waals surface area contributed by atoms with Crippen LogP contribution in [0.3, 0.4) is 0 Å². The zero-order valence-corrected chi connectivity index (χ0v) is 12.2. The lowest BCUT2D eigenvalue weighted by Gasteiger charge is -2.44. The number of nitrogens with zero attached hydrogens (tertiary/aromatic N) is 1. The molecule has 1 aliphatic heterocycles. The van der Waals surface area contributed by atoms with Gasteiger partial charge in [-0.2, -0.15) is 0 Å². The van der Waals surface area contributed by atoms with Crippen LogP contribution in [0.25, 0.3) is 0 Å². The van der Waals surface area contributed by atoms with Crippen molar-refractivity contribution in [3.63, 3.8) is 0 Å². The summed E-state index contributed by atoms with van der Waals surface area (Å²) in [6, 6.07) is 1.23. The smallest absolute Gasteiger partial charge is 0.0674 e. The molecule has 102 valence electrons. The molecule has 1 rings (SSSR count). The fraction of sp³-hybridized carbons (Fsp3) is 1.00. The molecule has 1 N–H and O–H groups in total. The van der Waals surface area contributed by atoms with E-state index in [4.69, 9.17) is 4.74 Å². The summed E-state index contributed by atoms with van der Waals surface area (Å²) in [7, 11) is 0. The number of nitrogens with one attached hydrogen (secondary N) is 1. The number of ether oxygens (including phenoxy) is 1. The third-order valence-electron chi connectivity index (χ3n) is 3.78. The van der Waals surface area contributed by atoms with E-state index >= 15 is 0 Å². The molecule has 1 aliphatic rings. The molecule has 0 bridgehead atoms. The Morgan fingerprint density at radius 3 is 2.59 bits per heavy atom. The second-order valence-corrected chi connectivity index (χ2v) is 5.52. The molecule has 0 radical (unpaired) electrons. The number of hydrogen-bond donors (Lipinski definition) is 1. The lowest BCUT2D eigenvalue weighted by molar-refractivity contribution is -0.0787. The van der Waals surface area contributed by atoms with Gasteiger partial charge in [0.25, 0.3) is 0 Å². The first-order valence-corrected chi connectivity index (χ1v) is 7.18. The third-order valence-corrected chi connectivity index (χ3v) is 3.78. The first-order valence-electron chi connectivity index (χ1n) is 7.18. The van der Waals surface area contributed by atoms with Crippen LogP contribution in [0, 0.1) is 5.92 Å². The van der Waals surface area contributed by atoms with E-state index in [2.05, 4.69) is 44.8 Å². The maximum absolute atomic E-state index is 5.78. The molecule has 1 saturated heterocycles. The minimum atomic E-state index is 0.376. The predicted molar refractivity (Wildman–Crippen MR) is 73.4 cm³/mol. The standard InChI is InChI=1S/C14H30N2O/c1-6-13-10-17-12(5)9-16(13)14(11(3)4)8-15-7-2/h11-15H,6-10H2,1-5H3. The van der Waals surface area contributed by atoms with Gasteiger partial charge in [-0.1, -0.05) is 27.7 Å². The van der Waals surface area contributed by atoms with E-state index in [9.17, 15) is 0 Å². The van der Waals surface area contributed by atoms with Crippen LogP contribution in [0.4, 0.5) is 0 Å². The highest BCUT2D eigenvalue weighted by Gasteiger charge is 2.32. The summed E-state index contributed by atoms with van der Waals surface area (Å²) in [4.78, 5) is 2.67. The van der Waals surface area contributed by atoms with Gasteiger partial charge in [0.1, 0.15) is 0 Å². The Hall–Kier alpha value is -0.120. The topological polar surface area (TPSA) is 24.5 Å². The van der Waals surface area contributed by atoms with E-state index in [0.29, 0.717) is 24.1 Å². The lowest BCUT2D eigenvalue weighted by Crippen LogP contribution is -2.57. The lowest BCUT2D eigenvalue weighted by atomic mass is 9.98. The van der Waals surface area contributed by atoms with Crippen molar-refractivity contribution >= 4 is 0 Å². The van der Waals surface area contributed by atoms with Gasteiger partial charge in [-0.05, 0) is 25.8 Å². The molecule has 0 aliphatic carbocycles. The third kappa shape index (κ3) is 4.23. The first-order chi connectivity index (χ1) is 8.10. The van der Waals surface area contributed by atoms with E-state index in [1.165, 1.54) is 6.42 Å². The molecule has 1 heterocycles. The monoisotopic (exact) mass is 242 g/mol. The molecule has 3 heteroatoms. The van der Waals surface area contributed by atoms with Crippen molar-refractivity contribution < 1.29 is 4.74 Å². The molecule has 0 aromatic rings. The maximum Gasteiger partial charge on any atom is 0.0674 e. The molecular formula is C14H30N2O. The summed E-state index contributed by atoms with van der Waals surface area (Å²) in [5.74, 6) is 0.688. The van der Waals surface area contributed by atoms with Gasteiger partial charge in [-0.25, -0.2) is 0 Å². The zero-order chi connectivity index (χ0) is 12.8. The van der Waals surface area contributed by atoms with Gasteiger partial charge >= 0.3 is 0 Å². The van der Waals surface area contributed by atoms with Gasteiger partial charge in [0, 0.05) is 25.2 Å². The minimum absolute atomic E-state index is 0.376. The van der Waals surface area contributed by atoms with Crippen LogP contribution in [-0.2, 0) is 4.74 Å². The summed E-state index contributed by atoms with van der Waals surface area (Å²) in [6.45, 7) is 15.4. The van der Waals surface area contributed by atoms with E-state index < -0.39 is 0 Å². The molecule has 3 atom stereocenters. The second kappa shape index (κ2) is 7.34. The minimum Gasteiger partial charge on any atom is -0.376 e. The molecule has 3 unspecified atom stereocenters. The van der Waals surface area contributed by atoms with Gasteiger partial charge in [0.05, 0.1) is 12.7 Å². The van der Waals surface area contributed by atoms with Gasteiger partial charge in [0.2, 0.25) is 0 Å². The van der Waals surface area contributed by atoms with Crippen LogP contribution in [0.15, 0.2) is 0 Å². The number of morpholine rings is 1. The summed E-state index contributed by atoms with van der Waals surface area (Å²) in [6.07, 6.45) is 1.56. The van der Waals surface area contributed by atoms with Crippen molar-refractivity contribution in [2.45, 2.75) is 59.2 Å². The van der Waals surface area contributed by atoms with Crippen LogP contribution < -0.4 is 5.32 Å². The highest BCUT2D eigenvalue weighted by molar-refractivity contribution is 4.86. The normalized spacial score (nSPS) is 28.6. The highest BCUT2D eigenvalue weighted by atomic mass is 16.5. The van der Waals surface area contributed by atoms with Gasteiger partial charge < -0.3 is 10.1 Å². The van der Waals surface area contributed by atoms with Gasteiger partial charge in [0.15, 0.2) is 0 Å². The van der Waals surface area contributed by atoms with Crippen molar-refractivity contribution in [2.75, 3.05) is 26.2 Å². The molecule has 0 spiro atoms. The van der Waals surface area contributed by atoms with E-state index in [-0.39, 0.29) is 0 Å². The van der Waals surface area contributed by atoms with E-state index in [1.54, 1.807) is 0 Å². The molecule has 0 aromatic heterocycles. The van der Waals surface area contributed by atoms with Crippen LogP contribution in [0.5, 0.6) is 0 Å². The van der Waals surface area contributed by atoms with Crippen molar-refractivity contribution in [1.29, 1.82) is 0 Å². The average molecular weight is 242 g/mol. The summed E-state index contributed by atoms with van der Waals surface area (Å²) < 4.78 is 5.78. The molecule has 17 heavy (non-hydrogen) atoms. The average Bonchev–Trinajstić information content (AvgIpc) is 2.29. The molecule has 0 amide bonds. The van der Waals surface area contributed by atoms with Gasteiger partial charge in [-0.3, -0.25) is 4.90 Å². The Morgan fingerprint density at radius 1 is 1.35 bits per heavy atom. The summed E-state index contributed by atoms with van der Waals surface area (Å²) >= 11 is 0. The Balaban J connectivity index is 2.66. The SMILES string of the molecule is CCNCC(C(C)C)N1CC(C)OCC1CC. The fourth-order valence-electron chi connectivity index (χ4n) is 2.66. The Labute approximate surface area is 107 Å². The van der Waals surface area contributed by atoms with E-state index in [1.807, 2.05) is 0 Å². The Morgan fingerprint density at radius 2 is 2.06 bits per heavy atom. The van der Waals surface area contributed by atoms with Gasteiger partial charge in [-0.15, -0.1) is 0 Å². The quantitative estimate of drug-likeness (QED) is 0.772. The summed E-state index contributed by atoms with van der Waals surface area (Å²) in [5, 5.41) is 3.50. The Kier molecular flexibility index (Phi) is 6.45. The van der Waals surface area contributed by atoms with Crippen LogP contribution in [0.1, 0.15) is 41.0 Å². The Bertz CT molecular complexity index is 208. The fourth-order valence-corrected chi connectivity index (χ4v) is 2.66. The number of hydrogen-bond acceptors (Lipinski definition) is 3. The van der Waals surface area contributed by atoms with Crippen molar-refractivity contribution in [3.8, 4) is 0 Å². The number of rotatable bonds is 6. The van der Waals surface area contributed by atoms with E-state index in [0.717, 1.165) is 26.2 Å². The maximum atomic E-state index is 5.78. The molecular weight excluding hydrogens is 212 g/mol. The molecule has 0 aromatic carbocycles. The molecule has 3 nitrogen and oxygen atoms in total. The van der Waals surface area contributed by atoms with Crippen LogP contribution >= 0.6 is 0 Å². The predicted octanol–water partition coefficient (Wildman–Crippen LogP) is 2.12. The van der Waals surface area contributed by atoms with Crippen LogP contribution in [-0.4, -0.2) is 49.3 Å². The molecule has 1 fully saturated rings. The highest BCUT2D eigenvalue weighted by Crippen LogP contribution is 2.21. The van der Waals surface area contributed by atoms with Crippen molar-refractivity contribution in [2.24, 2.45) is 5.92 Å². The number of likely N-dealkylation sites (N-methyl/N-ethyl adjacent to an activating group) is 1. The first kappa shape index (κ1) is 14.9.